The molecule has 0 spiro atoms. The molecule has 1 rings (SSSR count). The smallest absolute Gasteiger partial charge is 0.339 e. The number of carbonyl (C=O) groups excluding carboxylic acids is 3. The summed E-state index contributed by atoms with van der Waals surface area (Å²) in [6.45, 7) is 1.40. The molecule has 0 unspecified atom stereocenters. The van der Waals surface area contributed by atoms with E-state index >= 15 is 0 Å². The lowest BCUT2D eigenvalue weighted by molar-refractivity contribution is -0.123. The van der Waals surface area contributed by atoms with Gasteiger partial charge in [-0.1, -0.05) is 0 Å². The molecule has 6 nitrogen and oxygen atoms in total. The van der Waals surface area contributed by atoms with Crippen LogP contribution in [0, 0.1) is 5.82 Å². The second-order valence-electron chi connectivity index (χ2n) is 3.61. The van der Waals surface area contributed by atoms with Crippen LogP contribution in [0.5, 0.6) is 0 Å². The van der Waals surface area contributed by atoms with Crippen LogP contribution in [-0.4, -0.2) is 31.1 Å². The second-order valence-corrected chi connectivity index (χ2v) is 4.46. The molecule has 0 bridgehead atoms. The maximum atomic E-state index is 13.0. The molecular formula is C12H12BrFN2O4. The Hall–Kier alpha value is -1.96. The summed E-state index contributed by atoms with van der Waals surface area (Å²) in [5, 5.41) is 4.31. The fourth-order valence-corrected chi connectivity index (χ4v) is 1.64. The van der Waals surface area contributed by atoms with Crippen LogP contribution in [0.1, 0.15) is 17.3 Å². The molecule has 0 radical (unpaired) electrons. The van der Waals surface area contributed by atoms with Crippen LogP contribution in [0.25, 0.3) is 0 Å². The van der Waals surface area contributed by atoms with Crippen molar-refractivity contribution in [3.8, 4) is 0 Å². The van der Waals surface area contributed by atoms with Gasteiger partial charge in [0.15, 0.2) is 6.61 Å². The molecule has 2 N–H and O–H groups in total. The molecule has 0 saturated carbocycles. The topological polar surface area (TPSA) is 84.5 Å². The van der Waals surface area contributed by atoms with E-state index < -0.39 is 30.3 Å². The Balaban J connectivity index is 2.53. The zero-order valence-electron chi connectivity index (χ0n) is 10.5. The highest BCUT2D eigenvalue weighted by molar-refractivity contribution is 9.10. The first-order chi connectivity index (χ1) is 9.43. The molecule has 0 aliphatic rings. The van der Waals surface area contributed by atoms with Crippen LogP contribution >= 0.6 is 15.9 Å². The number of hydrogen-bond acceptors (Lipinski definition) is 4. The molecule has 0 atom stereocenters. The Morgan fingerprint density at radius 2 is 2.05 bits per heavy atom. The maximum Gasteiger partial charge on any atom is 0.339 e. The van der Waals surface area contributed by atoms with E-state index in [1.165, 1.54) is 12.1 Å². The number of rotatable bonds is 4. The number of amides is 3. The molecule has 108 valence electrons. The van der Waals surface area contributed by atoms with Gasteiger partial charge in [0.1, 0.15) is 5.82 Å². The fraction of sp³-hybridized carbons (Fsp3) is 0.250. The van der Waals surface area contributed by atoms with Crippen LogP contribution < -0.4 is 10.6 Å². The summed E-state index contributed by atoms with van der Waals surface area (Å²) in [4.78, 5) is 33.9. The summed E-state index contributed by atoms with van der Waals surface area (Å²) in [6, 6.07) is 2.82. The van der Waals surface area contributed by atoms with Gasteiger partial charge in [-0.25, -0.2) is 14.0 Å². The SMILES string of the molecule is CCNC(=O)NC(=O)COC(=O)c1cc(F)ccc1Br. The summed E-state index contributed by atoms with van der Waals surface area (Å²) < 4.78 is 18.0. The van der Waals surface area contributed by atoms with Crippen LogP contribution in [0.2, 0.25) is 0 Å². The third-order valence-electron chi connectivity index (χ3n) is 2.07. The Morgan fingerprint density at radius 3 is 2.70 bits per heavy atom. The first-order valence-electron chi connectivity index (χ1n) is 5.64. The first kappa shape index (κ1) is 16.1. The standard InChI is InChI=1S/C12H12BrFN2O4/c1-2-15-12(19)16-10(17)6-20-11(18)8-5-7(14)3-4-9(8)13/h3-5H,2,6H2,1H3,(H2,15,16,17,19). The van der Waals surface area contributed by atoms with Crippen molar-refractivity contribution >= 4 is 33.8 Å². The fourth-order valence-electron chi connectivity index (χ4n) is 1.23. The lowest BCUT2D eigenvalue weighted by atomic mass is 10.2. The van der Waals surface area contributed by atoms with Gasteiger partial charge in [0, 0.05) is 11.0 Å². The molecule has 1 aromatic carbocycles. The highest BCUT2D eigenvalue weighted by Crippen LogP contribution is 2.18. The predicted octanol–water partition coefficient (Wildman–Crippen LogP) is 1.59. The van der Waals surface area contributed by atoms with Gasteiger partial charge >= 0.3 is 12.0 Å². The van der Waals surface area contributed by atoms with Gasteiger partial charge in [0.05, 0.1) is 5.56 Å². The zero-order valence-corrected chi connectivity index (χ0v) is 12.1. The maximum absolute atomic E-state index is 13.0. The van der Waals surface area contributed by atoms with Gasteiger partial charge in [-0.2, -0.15) is 0 Å². The van der Waals surface area contributed by atoms with Crippen molar-refractivity contribution in [3.05, 3.63) is 34.1 Å². The number of ether oxygens (including phenoxy) is 1. The van der Waals surface area contributed by atoms with Crippen molar-refractivity contribution in [1.82, 2.24) is 10.6 Å². The average Bonchev–Trinajstić information content (AvgIpc) is 2.39. The van der Waals surface area contributed by atoms with Gasteiger partial charge < -0.3 is 10.1 Å². The van der Waals surface area contributed by atoms with Crippen LogP contribution in [0.15, 0.2) is 22.7 Å². The summed E-state index contributed by atoms with van der Waals surface area (Å²) in [7, 11) is 0. The third-order valence-corrected chi connectivity index (χ3v) is 2.76. The minimum atomic E-state index is -0.873. The molecule has 3 amide bonds. The van der Waals surface area contributed by atoms with Crippen LogP contribution in [0.4, 0.5) is 9.18 Å². The number of urea groups is 1. The highest BCUT2D eigenvalue weighted by Gasteiger charge is 2.15. The van der Waals surface area contributed by atoms with E-state index in [0.717, 1.165) is 6.07 Å². The first-order valence-corrected chi connectivity index (χ1v) is 6.43. The third kappa shape index (κ3) is 4.96. The Kier molecular flexibility index (Phi) is 6.10. The Bertz CT molecular complexity index is 536. The van der Waals surface area contributed by atoms with Crippen molar-refractivity contribution in [2.75, 3.05) is 13.2 Å². The number of halogens is 2. The lowest BCUT2D eigenvalue weighted by Gasteiger charge is -2.07. The lowest BCUT2D eigenvalue weighted by Crippen LogP contribution is -2.41. The monoisotopic (exact) mass is 346 g/mol. The largest absolute Gasteiger partial charge is 0.452 e. The number of benzene rings is 1. The average molecular weight is 347 g/mol. The molecule has 0 heterocycles. The second kappa shape index (κ2) is 7.59. The summed E-state index contributed by atoms with van der Waals surface area (Å²) >= 11 is 3.07. The van der Waals surface area contributed by atoms with Gasteiger partial charge in [-0.15, -0.1) is 0 Å². The van der Waals surface area contributed by atoms with E-state index in [2.05, 4.69) is 26.0 Å². The van der Waals surface area contributed by atoms with E-state index in [9.17, 15) is 18.8 Å². The zero-order chi connectivity index (χ0) is 15.1. The van der Waals surface area contributed by atoms with E-state index in [4.69, 9.17) is 0 Å². The van der Waals surface area contributed by atoms with Crippen LogP contribution in [-0.2, 0) is 9.53 Å². The number of esters is 1. The molecule has 8 heteroatoms. The Labute approximate surface area is 122 Å². The van der Waals surface area contributed by atoms with Gasteiger partial charge in [0.25, 0.3) is 5.91 Å². The van der Waals surface area contributed by atoms with Gasteiger partial charge in [0.2, 0.25) is 0 Å². The number of carbonyl (C=O) groups is 3. The molecule has 0 aliphatic heterocycles. The molecule has 20 heavy (non-hydrogen) atoms. The number of hydrogen-bond donors (Lipinski definition) is 2. The molecular weight excluding hydrogens is 335 g/mol. The number of nitrogens with one attached hydrogen (secondary N) is 2. The normalized spacial score (nSPS) is 9.75. The van der Waals surface area contributed by atoms with Crippen molar-refractivity contribution in [2.24, 2.45) is 0 Å². The molecule has 1 aromatic rings. The van der Waals surface area contributed by atoms with Crippen molar-refractivity contribution in [2.45, 2.75) is 6.92 Å². The molecule has 0 saturated heterocycles. The van der Waals surface area contributed by atoms with E-state index in [1.54, 1.807) is 6.92 Å². The minimum Gasteiger partial charge on any atom is -0.452 e. The van der Waals surface area contributed by atoms with Crippen molar-refractivity contribution in [3.63, 3.8) is 0 Å². The van der Waals surface area contributed by atoms with E-state index in [1.807, 2.05) is 5.32 Å². The van der Waals surface area contributed by atoms with E-state index in [-0.39, 0.29) is 5.56 Å². The number of imide groups is 1. The van der Waals surface area contributed by atoms with E-state index in [0.29, 0.717) is 11.0 Å². The minimum absolute atomic E-state index is 0.0455. The van der Waals surface area contributed by atoms with Gasteiger partial charge in [-0.05, 0) is 41.1 Å². The quantitative estimate of drug-likeness (QED) is 0.811. The van der Waals surface area contributed by atoms with Crippen LogP contribution in [0.3, 0.4) is 0 Å². The summed E-state index contributed by atoms with van der Waals surface area (Å²) in [5.74, 6) is -2.26. The molecule has 0 fully saturated rings. The molecule has 0 aliphatic carbocycles. The van der Waals surface area contributed by atoms with Gasteiger partial charge in [-0.3, -0.25) is 10.1 Å². The summed E-state index contributed by atoms with van der Waals surface area (Å²) in [5.41, 5.74) is -0.0455. The molecule has 0 aromatic heterocycles. The van der Waals surface area contributed by atoms with Crippen molar-refractivity contribution in [1.29, 1.82) is 0 Å². The predicted molar refractivity (Wildman–Crippen MR) is 71.6 cm³/mol. The Morgan fingerprint density at radius 1 is 1.35 bits per heavy atom. The highest BCUT2D eigenvalue weighted by atomic mass is 79.9. The summed E-state index contributed by atoms with van der Waals surface area (Å²) in [6.07, 6.45) is 0. The van der Waals surface area contributed by atoms with Crippen molar-refractivity contribution < 1.29 is 23.5 Å².